The Morgan fingerprint density at radius 2 is 2.44 bits per heavy atom. The summed E-state index contributed by atoms with van der Waals surface area (Å²) in [5.41, 5.74) is 2.21. The summed E-state index contributed by atoms with van der Waals surface area (Å²) < 4.78 is 2.11. The molecule has 1 unspecified atom stereocenters. The van der Waals surface area contributed by atoms with E-state index in [1.807, 2.05) is 12.3 Å². The standard InChI is InChI=1S/C12H14ClN3/c1-8-4-3-7-16-10(8)11(13)15-12(16)9-5-2-6-14-9/h3-4,7,9,14H,2,5-6H2,1H3. The Morgan fingerprint density at radius 3 is 3.19 bits per heavy atom. The molecule has 1 aliphatic heterocycles. The molecule has 0 aromatic carbocycles. The fourth-order valence-electron chi connectivity index (χ4n) is 2.43. The van der Waals surface area contributed by atoms with Gasteiger partial charge in [-0.1, -0.05) is 17.7 Å². The Labute approximate surface area is 99.4 Å². The van der Waals surface area contributed by atoms with Crippen molar-refractivity contribution in [1.82, 2.24) is 14.7 Å². The molecule has 0 radical (unpaired) electrons. The minimum Gasteiger partial charge on any atom is -0.307 e. The van der Waals surface area contributed by atoms with Crippen LogP contribution in [0.2, 0.25) is 5.15 Å². The van der Waals surface area contributed by atoms with Crippen molar-refractivity contribution in [2.75, 3.05) is 6.54 Å². The first-order valence-electron chi connectivity index (χ1n) is 5.64. The first kappa shape index (κ1) is 10.1. The van der Waals surface area contributed by atoms with Crippen LogP contribution in [0, 0.1) is 6.92 Å². The number of pyridine rings is 1. The summed E-state index contributed by atoms with van der Waals surface area (Å²) in [6.07, 6.45) is 4.39. The van der Waals surface area contributed by atoms with Gasteiger partial charge in [-0.05, 0) is 37.9 Å². The van der Waals surface area contributed by atoms with E-state index in [0.29, 0.717) is 11.2 Å². The first-order valence-corrected chi connectivity index (χ1v) is 6.01. The lowest BCUT2D eigenvalue weighted by atomic mass is 10.2. The van der Waals surface area contributed by atoms with Gasteiger partial charge in [0.2, 0.25) is 0 Å². The maximum Gasteiger partial charge on any atom is 0.155 e. The number of imidazole rings is 1. The van der Waals surface area contributed by atoms with Crippen molar-refractivity contribution in [2.24, 2.45) is 0 Å². The Kier molecular flexibility index (Phi) is 2.37. The highest BCUT2D eigenvalue weighted by Gasteiger charge is 2.22. The zero-order valence-corrected chi connectivity index (χ0v) is 9.96. The van der Waals surface area contributed by atoms with E-state index in [2.05, 4.69) is 27.7 Å². The zero-order valence-electron chi connectivity index (χ0n) is 9.20. The predicted molar refractivity (Wildman–Crippen MR) is 64.9 cm³/mol. The van der Waals surface area contributed by atoms with E-state index in [1.165, 1.54) is 12.0 Å². The van der Waals surface area contributed by atoms with Crippen LogP contribution in [0.1, 0.15) is 30.3 Å². The van der Waals surface area contributed by atoms with E-state index in [4.69, 9.17) is 11.6 Å². The summed E-state index contributed by atoms with van der Waals surface area (Å²) in [7, 11) is 0. The molecule has 3 nitrogen and oxygen atoms in total. The Morgan fingerprint density at radius 1 is 1.56 bits per heavy atom. The molecule has 0 bridgehead atoms. The Hall–Kier alpha value is -1.06. The summed E-state index contributed by atoms with van der Waals surface area (Å²) in [4.78, 5) is 4.50. The number of hydrogen-bond acceptors (Lipinski definition) is 2. The molecular weight excluding hydrogens is 222 g/mol. The molecule has 1 N–H and O–H groups in total. The second kappa shape index (κ2) is 3.75. The average molecular weight is 236 g/mol. The summed E-state index contributed by atoms with van der Waals surface area (Å²) >= 11 is 6.20. The SMILES string of the molecule is Cc1cccn2c(C3CCCN3)nc(Cl)c12. The third-order valence-electron chi connectivity index (χ3n) is 3.22. The molecule has 3 heterocycles. The second-order valence-corrected chi connectivity index (χ2v) is 4.68. The number of nitrogens with zero attached hydrogens (tertiary/aromatic N) is 2. The number of hydrogen-bond donors (Lipinski definition) is 1. The average Bonchev–Trinajstić information content (AvgIpc) is 2.86. The smallest absolute Gasteiger partial charge is 0.155 e. The molecule has 1 aliphatic rings. The van der Waals surface area contributed by atoms with Crippen molar-refractivity contribution >= 4 is 17.1 Å². The molecule has 0 spiro atoms. The lowest BCUT2D eigenvalue weighted by Gasteiger charge is -2.09. The molecule has 3 rings (SSSR count). The summed E-state index contributed by atoms with van der Waals surface area (Å²) in [5.74, 6) is 1.04. The van der Waals surface area contributed by atoms with Crippen LogP contribution in [-0.2, 0) is 0 Å². The molecular formula is C12H14ClN3. The molecule has 16 heavy (non-hydrogen) atoms. The molecule has 4 heteroatoms. The molecule has 0 amide bonds. The maximum atomic E-state index is 6.20. The number of aryl methyl sites for hydroxylation is 1. The van der Waals surface area contributed by atoms with Gasteiger partial charge in [0.25, 0.3) is 0 Å². The number of rotatable bonds is 1. The fourth-order valence-corrected chi connectivity index (χ4v) is 2.75. The van der Waals surface area contributed by atoms with Crippen LogP contribution in [0.3, 0.4) is 0 Å². The van der Waals surface area contributed by atoms with Gasteiger partial charge >= 0.3 is 0 Å². The molecule has 0 saturated carbocycles. The lowest BCUT2D eigenvalue weighted by Crippen LogP contribution is -2.15. The van der Waals surface area contributed by atoms with E-state index in [0.717, 1.165) is 24.3 Å². The number of aromatic nitrogens is 2. The van der Waals surface area contributed by atoms with Gasteiger partial charge in [0.1, 0.15) is 5.82 Å². The van der Waals surface area contributed by atoms with Crippen LogP contribution in [-0.4, -0.2) is 15.9 Å². The van der Waals surface area contributed by atoms with Crippen LogP contribution in [0.25, 0.3) is 5.52 Å². The van der Waals surface area contributed by atoms with Gasteiger partial charge in [0, 0.05) is 6.20 Å². The van der Waals surface area contributed by atoms with Gasteiger partial charge in [0.05, 0.1) is 11.6 Å². The van der Waals surface area contributed by atoms with Gasteiger partial charge in [-0.25, -0.2) is 4.98 Å². The quantitative estimate of drug-likeness (QED) is 0.824. The Bertz CT molecular complexity index is 526. The predicted octanol–water partition coefficient (Wildman–Crippen LogP) is 2.72. The molecule has 84 valence electrons. The third kappa shape index (κ3) is 1.43. The van der Waals surface area contributed by atoms with Crippen molar-refractivity contribution in [3.05, 3.63) is 34.9 Å². The van der Waals surface area contributed by atoms with Crippen LogP contribution in [0.4, 0.5) is 0 Å². The third-order valence-corrected chi connectivity index (χ3v) is 3.49. The fraction of sp³-hybridized carbons (Fsp3) is 0.417. The highest BCUT2D eigenvalue weighted by molar-refractivity contribution is 6.32. The monoisotopic (exact) mass is 235 g/mol. The molecule has 2 aromatic heterocycles. The van der Waals surface area contributed by atoms with Crippen LogP contribution in [0.15, 0.2) is 18.3 Å². The number of halogens is 1. The summed E-state index contributed by atoms with van der Waals surface area (Å²) in [6, 6.07) is 4.45. The lowest BCUT2D eigenvalue weighted by molar-refractivity contribution is 0.602. The van der Waals surface area contributed by atoms with Crippen molar-refractivity contribution in [3.63, 3.8) is 0 Å². The van der Waals surface area contributed by atoms with Crippen molar-refractivity contribution in [2.45, 2.75) is 25.8 Å². The topological polar surface area (TPSA) is 29.3 Å². The van der Waals surface area contributed by atoms with Crippen LogP contribution >= 0.6 is 11.6 Å². The van der Waals surface area contributed by atoms with Crippen molar-refractivity contribution < 1.29 is 0 Å². The normalized spacial score (nSPS) is 20.8. The minimum absolute atomic E-state index is 0.349. The van der Waals surface area contributed by atoms with Gasteiger partial charge in [0.15, 0.2) is 5.15 Å². The summed E-state index contributed by atoms with van der Waals surface area (Å²) in [5, 5.41) is 4.07. The summed E-state index contributed by atoms with van der Waals surface area (Å²) in [6.45, 7) is 3.14. The van der Waals surface area contributed by atoms with E-state index < -0.39 is 0 Å². The van der Waals surface area contributed by atoms with Crippen LogP contribution < -0.4 is 5.32 Å². The highest BCUT2D eigenvalue weighted by atomic mass is 35.5. The first-order chi connectivity index (χ1) is 7.77. The van der Waals surface area contributed by atoms with Crippen LogP contribution in [0.5, 0.6) is 0 Å². The largest absolute Gasteiger partial charge is 0.307 e. The van der Waals surface area contributed by atoms with Gasteiger partial charge in [-0.3, -0.25) is 0 Å². The molecule has 1 atom stereocenters. The minimum atomic E-state index is 0.349. The van der Waals surface area contributed by atoms with E-state index in [1.54, 1.807) is 0 Å². The van der Waals surface area contributed by atoms with E-state index in [-0.39, 0.29) is 0 Å². The molecule has 1 fully saturated rings. The molecule has 2 aromatic rings. The molecule has 0 aliphatic carbocycles. The highest BCUT2D eigenvalue weighted by Crippen LogP contribution is 2.28. The van der Waals surface area contributed by atoms with Gasteiger partial charge in [-0.15, -0.1) is 0 Å². The maximum absolute atomic E-state index is 6.20. The number of fused-ring (bicyclic) bond motifs is 1. The second-order valence-electron chi connectivity index (χ2n) is 4.32. The molecule has 1 saturated heterocycles. The van der Waals surface area contributed by atoms with Gasteiger partial charge in [-0.2, -0.15) is 0 Å². The Balaban J connectivity index is 2.22. The van der Waals surface area contributed by atoms with E-state index in [9.17, 15) is 0 Å². The van der Waals surface area contributed by atoms with Crippen molar-refractivity contribution in [3.8, 4) is 0 Å². The van der Waals surface area contributed by atoms with Crippen molar-refractivity contribution in [1.29, 1.82) is 0 Å². The van der Waals surface area contributed by atoms with E-state index >= 15 is 0 Å². The number of nitrogens with one attached hydrogen (secondary N) is 1. The van der Waals surface area contributed by atoms with Gasteiger partial charge < -0.3 is 9.72 Å². The zero-order chi connectivity index (χ0) is 11.1.